The van der Waals surface area contributed by atoms with Crippen LogP contribution in [0.15, 0.2) is 36.4 Å². The van der Waals surface area contributed by atoms with Gasteiger partial charge in [-0.15, -0.1) is 11.3 Å². The topological polar surface area (TPSA) is 43.1 Å². The van der Waals surface area contributed by atoms with Crippen molar-refractivity contribution in [3.05, 3.63) is 51.2 Å². The molecule has 0 atom stereocenters. The van der Waals surface area contributed by atoms with Gasteiger partial charge in [0.25, 0.3) is 0 Å². The average Bonchev–Trinajstić information content (AvgIpc) is 2.73. The number of rotatable bonds is 4. The summed E-state index contributed by atoms with van der Waals surface area (Å²) in [7, 11) is 0. The molecule has 0 saturated carbocycles. The van der Waals surface area contributed by atoms with Gasteiger partial charge in [-0.3, -0.25) is 4.79 Å². The molecule has 0 aliphatic heterocycles. The van der Waals surface area contributed by atoms with Crippen molar-refractivity contribution >= 4 is 34.4 Å². The van der Waals surface area contributed by atoms with E-state index >= 15 is 0 Å². The minimum Gasteiger partial charge on any atom is -0.399 e. The Labute approximate surface area is 109 Å². The first-order valence-electron chi connectivity index (χ1n) is 5.28. The number of halogens is 1. The number of benzene rings is 1. The zero-order chi connectivity index (χ0) is 12.3. The molecule has 0 aliphatic carbocycles. The second kappa shape index (κ2) is 5.34. The zero-order valence-electron chi connectivity index (χ0n) is 9.15. The maximum atomic E-state index is 11.8. The van der Waals surface area contributed by atoms with Crippen LogP contribution in [0.3, 0.4) is 0 Å². The third-order valence-corrected chi connectivity index (χ3v) is 3.71. The third kappa shape index (κ3) is 3.32. The summed E-state index contributed by atoms with van der Waals surface area (Å²) >= 11 is 7.12. The quantitative estimate of drug-likeness (QED) is 0.675. The highest BCUT2D eigenvalue weighted by Gasteiger charge is 2.08. The molecule has 4 heteroatoms. The monoisotopic (exact) mass is 265 g/mol. The first-order valence-corrected chi connectivity index (χ1v) is 6.47. The standard InChI is InChI=1S/C13H12ClNOS/c14-13-7-6-12(17-13)11(16)5-4-9-2-1-3-10(15)8-9/h1-3,6-8H,4-5,15H2. The van der Waals surface area contributed by atoms with E-state index in [0.29, 0.717) is 17.2 Å². The van der Waals surface area contributed by atoms with Crippen LogP contribution in [0.1, 0.15) is 21.7 Å². The molecule has 1 heterocycles. The number of ketones is 1. The van der Waals surface area contributed by atoms with Gasteiger partial charge in [-0.2, -0.15) is 0 Å². The second-order valence-corrected chi connectivity index (χ2v) is 5.49. The van der Waals surface area contributed by atoms with Gasteiger partial charge in [0.1, 0.15) is 0 Å². The van der Waals surface area contributed by atoms with Crippen molar-refractivity contribution in [2.24, 2.45) is 0 Å². The second-order valence-electron chi connectivity index (χ2n) is 3.77. The lowest BCUT2D eigenvalue weighted by Crippen LogP contribution is -1.99. The Hall–Kier alpha value is -1.32. The number of hydrogen-bond donors (Lipinski definition) is 1. The van der Waals surface area contributed by atoms with Gasteiger partial charge in [0.15, 0.2) is 5.78 Å². The molecule has 1 aromatic heterocycles. The van der Waals surface area contributed by atoms with E-state index in [-0.39, 0.29) is 5.78 Å². The van der Waals surface area contributed by atoms with Crippen molar-refractivity contribution in [2.75, 3.05) is 5.73 Å². The lowest BCUT2D eigenvalue weighted by Gasteiger charge is -2.01. The van der Waals surface area contributed by atoms with Gasteiger partial charge in [-0.1, -0.05) is 23.7 Å². The van der Waals surface area contributed by atoms with Crippen LogP contribution in [0, 0.1) is 0 Å². The van der Waals surface area contributed by atoms with E-state index in [1.165, 1.54) is 11.3 Å². The molecule has 17 heavy (non-hydrogen) atoms. The Morgan fingerprint density at radius 2 is 2.12 bits per heavy atom. The number of aryl methyl sites for hydroxylation is 1. The van der Waals surface area contributed by atoms with Gasteiger partial charge in [-0.05, 0) is 36.2 Å². The Morgan fingerprint density at radius 1 is 1.29 bits per heavy atom. The van der Waals surface area contributed by atoms with Crippen LogP contribution in [0.2, 0.25) is 4.34 Å². The highest BCUT2D eigenvalue weighted by molar-refractivity contribution is 7.18. The molecule has 2 nitrogen and oxygen atoms in total. The molecule has 2 aromatic rings. The van der Waals surface area contributed by atoms with Crippen LogP contribution in [-0.4, -0.2) is 5.78 Å². The SMILES string of the molecule is Nc1cccc(CCC(=O)c2ccc(Cl)s2)c1. The van der Waals surface area contributed by atoms with Crippen LogP contribution in [0.25, 0.3) is 0 Å². The fourth-order valence-electron chi connectivity index (χ4n) is 1.59. The van der Waals surface area contributed by atoms with Gasteiger partial charge in [0.2, 0.25) is 0 Å². The van der Waals surface area contributed by atoms with Crippen molar-refractivity contribution in [3.63, 3.8) is 0 Å². The molecule has 0 radical (unpaired) electrons. The maximum Gasteiger partial charge on any atom is 0.173 e. The molecule has 0 saturated heterocycles. The van der Waals surface area contributed by atoms with Crippen LogP contribution < -0.4 is 5.73 Å². The predicted octanol–water partition coefficient (Wildman–Crippen LogP) is 3.80. The number of anilines is 1. The molecular weight excluding hydrogens is 254 g/mol. The molecular formula is C13H12ClNOS. The summed E-state index contributed by atoms with van der Waals surface area (Å²) in [5.41, 5.74) is 7.49. The van der Waals surface area contributed by atoms with E-state index in [9.17, 15) is 4.79 Å². The van der Waals surface area contributed by atoms with E-state index in [1.54, 1.807) is 12.1 Å². The predicted molar refractivity (Wildman–Crippen MR) is 72.8 cm³/mol. The van der Waals surface area contributed by atoms with Crippen LogP contribution in [0.4, 0.5) is 5.69 Å². The van der Waals surface area contributed by atoms with Gasteiger partial charge in [0, 0.05) is 12.1 Å². The van der Waals surface area contributed by atoms with Crippen molar-refractivity contribution in [2.45, 2.75) is 12.8 Å². The van der Waals surface area contributed by atoms with E-state index < -0.39 is 0 Å². The number of carbonyl (C=O) groups is 1. The van der Waals surface area contributed by atoms with Crippen molar-refractivity contribution in [1.82, 2.24) is 0 Å². The number of nitrogen functional groups attached to an aromatic ring is 1. The minimum atomic E-state index is 0.129. The fraction of sp³-hybridized carbons (Fsp3) is 0.154. The number of thiophene rings is 1. The molecule has 2 rings (SSSR count). The van der Waals surface area contributed by atoms with Crippen molar-refractivity contribution in [1.29, 1.82) is 0 Å². The van der Waals surface area contributed by atoms with Gasteiger partial charge in [0.05, 0.1) is 9.21 Å². The van der Waals surface area contributed by atoms with E-state index in [0.717, 1.165) is 16.1 Å². The molecule has 2 N–H and O–H groups in total. The maximum absolute atomic E-state index is 11.8. The van der Waals surface area contributed by atoms with Gasteiger partial charge < -0.3 is 5.73 Å². The smallest absolute Gasteiger partial charge is 0.173 e. The number of hydrogen-bond acceptors (Lipinski definition) is 3. The zero-order valence-corrected chi connectivity index (χ0v) is 10.7. The number of nitrogens with two attached hydrogens (primary N) is 1. The lowest BCUT2D eigenvalue weighted by molar-refractivity contribution is 0.0987. The number of carbonyl (C=O) groups excluding carboxylic acids is 1. The average molecular weight is 266 g/mol. The minimum absolute atomic E-state index is 0.129. The molecule has 0 bridgehead atoms. The van der Waals surface area contributed by atoms with Gasteiger partial charge in [-0.25, -0.2) is 0 Å². The normalized spacial score (nSPS) is 10.4. The Bertz CT molecular complexity index is 536. The molecule has 88 valence electrons. The van der Waals surface area contributed by atoms with Crippen LogP contribution in [-0.2, 0) is 6.42 Å². The van der Waals surface area contributed by atoms with E-state index in [2.05, 4.69) is 0 Å². The van der Waals surface area contributed by atoms with E-state index in [1.807, 2.05) is 24.3 Å². The molecule has 0 unspecified atom stereocenters. The summed E-state index contributed by atoms with van der Waals surface area (Å²) in [6, 6.07) is 11.1. The first-order chi connectivity index (χ1) is 8.15. The first kappa shape index (κ1) is 12.1. The third-order valence-electron chi connectivity index (χ3n) is 2.44. The molecule has 1 aromatic carbocycles. The van der Waals surface area contributed by atoms with Gasteiger partial charge >= 0.3 is 0 Å². The fourth-order valence-corrected chi connectivity index (χ4v) is 2.60. The summed E-state index contributed by atoms with van der Waals surface area (Å²) in [6.45, 7) is 0. The lowest BCUT2D eigenvalue weighted by atomic mass is 10.1. The highest BCUT2D eigenvalue weighted by Crippen LogP contribution is 2.23. The molecule has 0 amide bonds. The molecule has 0 spiro atoms. The Morgan fingerprint density at radius 3 is 2.76 bits per heavy atom. The van der Waals surface area contributed by atoms with E-state index in [4.69, 9.17) is 17.3 Å². The van der Waals surface area contributed by atoms with Crippen LogP contribution in [0.5, 0.6) is 0 Å². The summed E-state index contributed by atoms with van der Waals surface area (Å²) < 4.78 is 0.650. The van der Waals surface area contributed by atoms with Crippen molar-refractivity contribution in [3.8, 4) is 0 Å². The Kier molecular flexibility index (Phi) is 3.82. The van der Waals surface area contributed by atoms with Crippen molar-refractivity contribution < 1.29 is 4.79 Å². The summed E-state index contributed by atoms with van der Waals surface area (Å²) in [6.07, 6.45) is 1.19. The largest absolute Gasteiger partial charge is 0.399 e. The molecule has 0 fully saturated rings. The summed E-state index contributed by atoms with van der Waals surface area (Å²) in [5, 5.41) is 0. The molecule has 0 aliphatic rings. The Balaban J connectivity index is 1.97. The summed E-state index contributed by atoms with van der Waals surface area (Å²) in [5.74, 6) is 0.129. The number of Topliss-reactive ketones (excluding diaryl/α,β-unsaturated/α-hetero) is 1. The van der Waals surface area contributed by atoms with Crippen LogP contribution >= 0.6 is 22.9 Å². The summed E-state index contributed by atoms with van der Waals surface area (Å²) in [4.78, 5) is 12.6. The highest BCUT2D eigenvalue weighted by atomic mass is 35.5.